The second-order valence-corrected chi connectivity index (χ2v) is 4.73. The lowest BCUT2D eigenvalue weighted by atomic mass is 10.1. The summed E-state index contributed by atoms with van der Waals surface area (Å²) in [5.41, 5.74) is 0. The lowest BCUT2D eigenvalue weighted by Gasteiger charge is -2.08. The number of carbonyl (C=O) groups excluding carboxylic acids is 1. The zero-order chi connectivity index (χ0) is 10.7. The zero-order valence-electron chi connectivity index (χ0n) is 8.03. The van der Waals surface area contributed by atoms with Crippen LogP contribution >= 0.6 is 22.6 Å². The fraction of sp³-hybridized carbons (Fsp3) is 0.444. The molecule has 2 heterocycles. The summed E-state index contributed by atoms with van der Waals surface area (Å²) < 4.78 is 1.01. The van der Waals surface area contributed by atoms with E-state index in [2.05, 4.69) is 43.2 Å². The zero-order valence-corrected chi connectivity index (χ0v) is 10.2. The van der Waals surface area contributed by atoms with Crippen LogP contribution in [0, 0.1) is 9.49 Å². The summed E-state index contributed by atoms with van der Waals surface area (Å²) in [5.74, 6) is 1.10. The summed E-state index contributed by atoms with van der Waals surface area (Å²) in [6.45, 7) is 1.48. The molecule has 1 amide bonds. The van der Waals surface area contributed by atoms with Crippen molar-refractivity contribution in [2.75, 3.05) is 18.4 Å². The van der Waals surface area contributed by atoms with E-state index >= 15 is 0 Å². The number of aromatic nitrogens is 2. The molecule has 0 aromatic carbocycles. The third-order valence-electron chi connectivity index (χ3n) is 2.23. The quantitative estimate of drug-likeness (QED) is 0.802. The van der Waals surface area contributed by atoms with E-state index in [1.165, 1.54) is 0 Å². The van der Waals surface area contributed by atoms with Gasteiger partial charge in [-0.2, -0.15) is 0 Å². The molecule has 1 aromatic rings. The third kappa shape index (κ3) is 3.01. The molecule has 0 bridgehead atoms. The molecule has 2 N–H and O–H groups in total. The smallest absolute Gasteiger partial charge is 0.222 e. The van der Waals surface area contributed by atoms with Gasteiger partial charge in [0.1, 0.15) is 0 Å². The largest absolute Gasteiger partial charge is 0.356 e. The number of hydrogen-bond acceptors (Lipinski definition) is 4. The van der Waals surface area contributed by atoms with Gasteiger partial charge in [-0.05, 0) is 22.6 Å². The maximum atomic E-state index is 10.9. The SMILES string of the molecule is O=C1CC(CNc2ncc(I)cn2)CN1. The molecule has 5 nitrogen and oxygen atoms in total. The summed E-state index contributed by atoms with van der Waals surface area (Å²) in [7, 11) is 0. The normalized spacial score (nSPS) is 20.1. The first-order valence-corrected chi connectivity index (χ1v) is 5.80. The van der Waals surface area contributed by atoms with Gasteiger partial charge < -0.3 is 10.6 Å². The minimum absolute atomic E-state index is 0.130. The van der Waals surface area contributed by atoms with E-state index in [1.54, 1.807) is 12.4 Å². The van der Waals surface area contributed by atoms with Crippen molar-refractivity contribution in [1.29, 1.82) is 0 Å². The number of halogens is 1. The van der Waals surface area contributed by atoms with Gasteiger partial charge in [-0.15, -0.1) is 0 Å². The highest BCUT2D eigenvalue weighted by Crippen LogP contribution is 2.09. The summed E-state index contributed by atoms with van der Waals surface area (Å²) in [6.07, 6.45) is 4.11. The maximum absolute atomic E-state index is 10.9. The van der Waals surface area contributed by atoms with Gasteiger partial charge in [-0.3, -0.25) is 4.79 Å². The van der Waals surface area contributed by atoms with Crippen molar-refractivity contribution in [2.24, 2.45) is 5.92 Å². The van der Waals surface area contributed by atoms with Crippen molar-refractivity contribution in [1.82, 2.24) is 15.3 Å². The Morgan fingerprint density at radius 1 is 1.53 bits per heavy atom. The van der Waals surface area contributed by atoms with E-state index in [0.29, 0.717) is 18.3 Å². The van der Waals surface area contributed by atoms with Gasteiger partial charge >= 0.3 is 0 Å². The van der Waals surface area contributed by atoms with Gasteiger partial charge in [0.05, 0.1) is 0 Å². The summed E-state index contributed by atoms with van der Waals surface area (Å²) >= 11 is 2.16. The summed E-state index contributed by atoms with van der Waals surface area (Å²) in [5, 5.41) is 5.91. The van der Waals surface area contributed by atoms with Crippen LogP contribution in [0.4, 0.5) is 5.95 Å². The first kappa shape index (κ1) is 10.6. The molecule has 80 valence electrons. The van der Waals surface area contributed by atoms with Crippen LogP contribution in [0.1, 0.15) is 6.42 Å². The lowest BCUT2D eigenvalue weighted by molar-refractivity contribution is -0.119. The van der Waals surface area contributed by atoms with Crippen molar-refractivity contribution < 1.29 is 4.79 Å². The van der Waals surface area contributed by atoms with Crippen LogP contribution in [0.3, 0.4) is 0 Å². The Bertz CT molecular complexity index is 354. The molecule has 1 atom stereocenters. The van der Waals surface area contributed by atoms with Crippen molar-refractivity contribution in [3.05, 3.63) is 16.0 Å². The summed E-state index contributed by atoms with van der Waals surface area (Å²) in [4.78, 5) is 19.2. The second kappa shape index (κ2) is 4.73. The Labute approximate surface area is 101 Å². The van der Waals surface area contributed by atoms with Crippen LogP contribution in [0.25, 0.3) is 0 Å². The first-order valence-electron chi connectivity index (χ1n) is 4.72. The molecule has 0 aliphatic carbocycles. The molecule has 0 radical (unpaired) electrons. The molecule has 0 spiro atoms. The minimum atomic E-state index is 0.130. The molecule has 1 aliphatic rings. The fourth-order valence-electron chi connectivity index (χ4n) is 1.45. The highest BCUT2D eigenvalue weighted by molar-refractivity contribution is 14.1. The molecule has 1 fully saturated rings. The van der Waals surface area contributed by atoms with Crippen LogP contribution in [0.5, 0.6) is 0 Å². The van der Waals surface area contributed by atoms with Gasteiger partial charge in [0.25, 0.3) is 0 Å². The Hall–Kier alpha value is -0.920. The number of nitrogens with zero attached hydrogens (tertiary/aromatic N) is 2. The van der Waals surface area contributed by atoms with Gasteiger partial charge in [-0.1, -0.05) is 0 Å². The topological polar surface area (TPSA) is 66.9 Å². The lowest BCUT2D eigenvalue weighted by Crippen LogP contribution is -2.18. The van der Waals surface area contributed by atoms with Crippen LogP contribution < -0.4 is 10.6 Å². The molecule has 1 aromatic heterocycles. The molecule has 1 saturated heterocycles. The number of nitrogens with one attached hydrogen (secondary N) is 2. The first-order chi connectivity index (χ1) is 7.24. The van der Waals surface area contributed by atoms with Crippen molar-refractivity contribution >= 4 is 34.4 Å². The van der Waals surface area contributed by atoms with Gasteiger partial charge in [0.2, 0.25) is 11.9 Å². The molecular formula is C9H11IN4O. The van der Waals surface area contributed by atoms with Crippen LogP contribution in [0.15, 0.2) is 12.4 Å². The molecule has 0 saturated carbocycles. The van der Waals surface area contributed by atoms with Crippen LogP contribution in [0.2, 0.25) is 0 Å². The predicted molar refractivity (Wildman–Crippen MR) is 64.4 cm³/mol. The second-order valence-electron chi connectivity index (χ2n) is 3.48. The van der Waals surface area contributed by atoms with Crippen molar-refractivity contribution in [3.8, 4) is 0 Å². The van der Waals surface area contributed by atoms with E-state index in [4.69, 9.17) is 0 Å². The van der Waals surface area contributed by atoms with E-state index in [1.807, 2.05) is 0 Å². The average molecular weight is 318 g/mol. The number of rotatable bonds is 3. The molecule has 2 rings (SSSR count). The molecule has 6 heteroatoms. The number of carbonyl (C=O) groups is 1. The molecule has 15 heavy (non-hydrogen) atoms. The highest BCUT2D eigenvalue weighted by Gasteiger charge is 2.20. The standard InChI is InChI=1S/C9H11IN4O/c10-7-4-13-9(14-5-7)12-3-6-1-8(15)11-2-6/h4-6H,1-3H2,(H,11,15)(H,12,13,14). The van der Waals surface area contributed by atoms with E-state index in [-0.39, 0.29) is 5.91 Å². The molecule has 1 aliphatic heterocycles. The van der Waals surface area contributed by atoms with Crippen LogP contribution in [-0.2, 0) is 4.79 Å². The summed E-state index contributed by atoms with van der Waals surface area (Å²) in [6, 6.07) is 0. The molecular weight excluding hydrogens is 307 g/mol. The minimum Gasteiger partial charge on any atom is -0.356 e. The number of amides is 1. The van der Waals surface area contributed by atoms with Gasteiger partial charge in [-0.25, -0.2) is 9.97 Å². The fourth-order valence-corrected chi connectivity index (χ4v) is 1.73. The van der Waals surface area contributed by atoms with Crippen molar-refractivity contribution in [3.63, 3.8) is 0 Å². The molecule has 1 unspecified atom stereocenters. The van der Waals surface area contributed by atoms with Crippen LogP contribution in [-0.4, -0.2) is 29.0 Å². The monoisotopic (exact) mass is 318 g/mol. The van der Waals surface area contributed by atoms with E-state index in [0.717, 1.165) is 16.7 Å². The Balaban J connectivity index is 1.83. The maximum Gasteiger partial charge on any atom is 0.222 e. The van der Waals surface area contributed by atoms with Gasteiger partial charge in [0, 0.05) is 41.4 Å². The van der Waals surface area contributed by atoms with E-state index < -0.39 is 0 Å². The van der Waals surface area contributed by atoms with Gasteiger partial charge in [0.15, 0.2) is 0 Å². The highest BCUT2D eigenvalue weighted by atomic mass is 127. The Morgan fingerprint density at radius 3 is 2.87 bits per heavy atom. The van der Waals surface area contributed by atoms with Crippen molar-refractivity contribution in [2.45, 2.75) is 6.42 Å². The third-order valence-corrected chi connectivity index (χ3v) is 2.79. The number of anilines is 1. The van der Waals surface area contributed by atoms with E-state index in [9.17, 15) is 4.79 Å². The predicted octanol–water partition coefficient (Wildman–Crippen LogP) is 0.629. The Morgan fingerprint density at radius 2 is 2.27 bits per heavy atom. The number of hydrogen-bond donors (Lipinski definition) is 2. The average Bonchev–Trinajstić information content (AvgIpc) is 2.64. The Kier molecular flexibility index (Phi) is 3.34.